The third-order valence-corrected chi connectivity index (χ3v) is 10.9. The molecule has 0 aliphatic rings. The fourth-order valence-electron chi connectivity index (χ4n) is 7.00. The van der Waals surface area contributed by atoms with Gasteiger partial charge in [-0.2, -0.15) is 0 Å². The summed E-state index contributed by atoms with van der Waals surface area (Å²) in [6.07, 6.45) is 68.8. The van der Waals surface area contributed by atoms with E-state index in [1.165, 1.54) is 116 Å². The molecule has 356 valence electrons. The number of ether oxygens (including phenoxy) is 3. The van der Waals surface area contributed by atoms with Gasteiger partial charge in [-0.1, -0.05) is 196 Å². The van der Waals surface area contributed by atoms with Crippen LogP contribution in [0.15, 0.2) is 85.1 Å². The van der Waals surface area contributed by atoms with E-state index in [-0.39, 0.29) is 25.2 Å². The quantitative estimate of drug-likeness (QED) is 0.0346. The maximum atomic E-state index is 12.8. The van der Waals surface area contributed by atoms with Crippen LogP contribution in [0.2, 0.25) is 0 Å². The molecule has 0 heterocycles. The normalized spacial score (nSPS) is 12.9. The summed E-state index contributed by atoms with van der Waals surface area (Å²) in [6, 6.07) is 0. The highest BCUT2D eigenvalue weighted by molar-refractivity contribution is 5.70. The maximum Gasteiger partial charge on any atom is 0.306 e. The van der Waals surface area contributed by atoms with Crippen molar-refractivity contribution in [2.24, 2.45) is 0 Å². The Morgan fingerprint density at radius 1 is 0.371 bits per heavy atom. The molecular weight excluding hydrogens is 765 g/mol. The van der Waals surface area contributed by atoms with Crippen LogP contribution in [0.1, 0.15) is 239 Å². The van der Waals surface area contributed by atoms with Gasteiger partial charge in [0.05, 0.1) is 6.61 Å². The molecule has 0 saturated carbocycles. The molecule has 0 rings (SSSR count). The predicted molar refractivity (Wildman–Crippen MR) is 270 cm³/mol. The van der Waals surface area contributed by atoms with E-state index in [9.17, 15) is 9.59 Å². The molecule has 62 heavy (non-hydrogen) atoms. The second kappa shape index (κ2) is 52.4. The average molecular weight is 863 g/mol. The fourth-order valence-corrected chi connectivity index (χ4v) is 7.00. The van der Waals surface area contributed by atoms with E-state index in [4.69, 9.17) is 14.2 Å². The maximum absolute atomic E-state index is 12.8. The van der Waals surface area contributed by atoms with Crippen molar-refractivity contribution >= 4 is 11.9 Å². The molecule has 5 heteroatoms. The minimum Gasteiger partial charge on any atom is -0.462 e. The highest BCUT2D eigenvalue weighted by Gasteiger charge is 2.17. The minimum atomic E-state index is -0.566. The number of unbranched alkanes of at least 4 members (excludes halogenated alkanes) is 22. The predicted octanol–water partition coefficient (Wildman–Crippen LogP) is 17.7. The Hall–Kier alpha value is -2.92. The zero-order valence-corrected chi connectivity index (χ0v) is 40.9. The summed E-state index contributed by atoms with van der Waals surface area (Å²) in [4.78, 5) is 25.4. The van der Waals surface area contributed by atoms with Gasteiger partial charge < -0.3 is 14.2 Å². The summed E-state index contributed by atoms with van der Waals surface area (Å²) in [6.45, 7) is 7.61. The summed E-state index contributed by atoms with van der Waals surface area (Å²) in [5.74, 6) is -0.461. The first kappa shape index (κ1) is 59.1. The number of rotatable bonds is 47. The van der Waals surface area contributed by atoms with Crippen molar-refractivity contribution in [1.29, 1.82) is 0 Å². The molecule has 0 spiro atoms. The second-order valence-corrected chi connectivity index (χ2v) is 17.0. The minimum absolute atomic E-state index is 0.0531. The molecule has 0 aromatic rings. The molecule has 1 unspecified atom stereocenters. The van der Waals surface area contributed by atoms with Crippen molar-refractivity contribution in [3.05, 3.63) is 85.1 Å². The van der Waals surface area contributed by atoms with Crippen molar-refractivity contribution in [3.8, 4) is 0 Å². The summed E-state index contributed by atoms with van der Waals surface area (Å²) in [5.41, 5.74) is 0. The van der Waals surface area contributed by atoms with Crippen molar-refractivity contribution in [1.82, 2.24) is 0 Å². The second-order valence-electron chi connectivity index (χ2n) is 17.0. The third-order valence-electron chi connectivity index (χ3n) is 10.9. The van der Waals surface area contributed by atoms with E-state index in [1.54, 1.807) is 0 Å². The Kier molecular flexibility index (Phi) is 50.0. The Morgan fingerprint density at radius 3 is 1.24 bits per heavy atom. The van der Waals surface area contributed by atoms with E-state index in [1.807, 2.05) is 0 Å². The number of allylic oxidation sites excluding steroid dienone is 14. The van der Waals surface area contributed by atoms with Gasteiger partial charge in [0.15, 0.2) is 6.10 Å². The molecule has 1 atom stereocenters. The lowest BCUT2D eigenvalue weighted by atomic mass is 10.1. The molecule has 0 aromatic heterocycles. The van der Waals surface area contributed by atoms with Gasteiger partial charge in [-0.05, 0) is 116 Å². The number of esters is 2. The molecule has 0 aliphatic carbocycles. The Balaban J connectivity index is 4.38. The highest BCUT2D eigenvalue weighted by atomic mass is 16.6. The summed E-state index contributed by atoms with van der Waals surface area (Å²) >= 11 is 0. The van der Waals surface area contributed by atoms with Crippen LogP contribution in [0.3, 0.4) is 0 Å². The summed E-state index contributed by atoms with van der Waals surface area (Å²) in [7, 11) is 0. The number of hydrogen-bond donors (Lipinski definition) is 0. The first-order valence-electron chi connectivity index (χ1n) is 26.1. The number of carbonyl (C=O) groups is 2. The molecule has 0 saturated heterocycles. The number of carbonyl (C=O) groups excluding carboxylic acids is 2. The molecule has 0 radical (unpaired) electrons. The van der Waals surface area contributed by atoms with Crippen LogP contribution < -0.4 is 0 Å². The summed E-state index contributed by atoms with van der Waals surface area (Å²) < 4.78 is 17.4. The van der Waals surface area contributed by atoms with Crippen LogP contribution in [0.5, 0.6) is 0 Å². The van der Waals surface area contributed by atoms with Gasteiger partial charge in [0, 0.05) is 19.4 Å². The Labute approximate surface area is 384 Å². The van der Waals surface area contributed by atoms with E-state index in [0.29, 0.717) is 19.4 Å². The fraction of sp³-hybridized carbons (Fsp3) is 0.719. The highest BCUT2D eigenvalue weighted by Crippen LogP contribution is 2.13. The molecule has 5 nitrogen and oxygen atoms in total. The van der Waals surface area contributed by atoms with E-state index in [2.05, 4.69) is 106 Å². The topological polar surface area (TPSA) is 61.8 Å². The van der Waals surface area contributed by atoms with Gasteiger partial charge in [-0.25, -0.2) is 0 Å². The van der Waals surface area contributed by atoms with Crippen molar-refractivity contribution in [2.45, 2.75) is 245 Å². The van der Waals surface area contributed by atoms with Crippen LogP contribution in [-0.4, -0.2) is 37.9 Å². The standard InChI is InChI=1S/C57H98O5/c1-4-7-10-13-16-19-22-25-28-31-34-37-40-43-46-49-52-60-53-55(62-57(59)51-48-45-42-39-36-33-30-27-24-21-18-15-12-9-6-3)54-61-56(58)50-47-44-41-38-35-32-29-26-23-20-17-14-11-8-5-2/h8,11,16-17,19-20,25-30,35,38,55H,4-7,9-10,12-15,18,21-24,31-34,36-37,39-54H2,1-3H3/b11-8-,19-16-,20-17-,28-25-,29-26-,30-27-,38-35-. The third kappa shape index (κ3) is 49.7. The summed E-state index contributed by atoms with van der Waals surface area (Å²) in [5, 5.41) is 0. The lowest BCUT2D eigenvalue weighted by molar-refractivity contribution is -0.163. The smallest absolute Gasteiger partial charge is 0.306 e. The molecule has 0 amide bonds. The zero-order chi connectivity index (χ0) is 44.9. The molecule has 0 aromatic carbocycles. The Morgan fingerprint density at radius 2 is 0.726 bits per heavy atom. The van der Waals surface area contributed by atoms with Crippen molar-refractivity contribution in [2.75, 3.05) is 19.8 Å². The van der Waals surface area contributed by atoms with Crippen LogP contribution in [-0.2, 0) is 23.8 Å². The van der Waals surface area contributed by atoms with Crippen molar-refractivity contribution < 1.29 is 23.8 Å². The van der Waals surface area contributed by atoms with Crippen LogP contribution in [0.4, 0.5) is 0 Å². The van der Waals surface area contributed by atoms with Gasteiger partial charge >= 0.3 is 11.9 Å². The molecule has 0 aliphatic heterocycles. The van der Waals surface area contributed by atoms with Gasteiger partial charge in [0.25, 0.3) is 0 Å². The average Bonchev–Trinajstić information content (AvgIpc) is 3.27. The van der Waals surface area contributed by atoms with Gasteiger partial charge in [0.1, 0.15) is 6.61 Å². The number of hydrogen-bond acceptors (Lipinski definition) is 5. The van der Waals surface area contributed by atoms with Gasteiger partial charge in [-0.3, -0.25) is 9.59 Å². The molecule has 0 fully saturated rings. The van der Waals surface area contributed by atoms with Gasteiger partial charge in [0.2, 0.25) is 0 Å². The first-order valence-corrected chi connectivity index (χ1v) is 26.1. The van der Waals surface area contributed by atoms with Crippen LogP contribution in [0.25, 0.3) is 0 Å². The Bertz CT molecular complexity index is 1160. The first-order chi connectivity index (χ1) is 30.6. The zero-order valence-electron chi connectivity index (χ0n) is 40.9. The largest absolute Gasteiger partial charge is 0.462 e. The van der Waals surface area contributed by atoms with Gasteiger partial charge in [-0.15, -0.1) is 0 Å². The molecule has 0 N–H and O–H groups in total. The lowest BCUT2D eigenvalue weighted by Gasteiger charge is -2.18. The van der Waals surface area contributed by atoms with Crippen molar-refractivity contribution in [3.63, 3.8) is 0 Å². The monoisotopic (exact) mass is 863 g/mol. The van der Waals surface area contributed by atoms with Crippen LogP contribution in [0, 0.1) is 0 Å². The molecular formula is C57H98O5. The van der Waals surface area contributed by atoms with E-state index >= 15 is 0 Å². The van der Waals surface area contributed by atoms with E-state index in [0.717, 1.165) is 89.9 Å². The van der Waals surface area contributed by atoms with E-state index < -0.39 is 6.10 Å². The molecule has 0 bridgehead atoms. The lowest BCUT2D eigenvalue weighted by Crippen LogP contribution is -2.30. The SMILES string of the molecule is CC/C=C\C/C=C\C/C=C\C/C=C\CCCCC(=O)OCC(COCCCCCCCC/C=C\C/C=C\CCCCC)OC(=O)CCCCCCC/C=C\CCCCCCCC. The van der Waals surface area contributed by atoms with Crippen LogP contribution >= 0.6 is 0 Å².